The fraction of sp³-hybridized carbons (Fsp3) is 0.316. The molecule has 0 amide bonds. The van der Waals surface area contributed by atoms with Gasteiger partial charge < -0.3 is 11.1 Å². The van der Waals surface area contributed by atoms with Crippen LogP contribution in [0.25, 0.3) is 0 Å². The number of benzene rings is 1. The minimum Gasteiger partial charge on any atom is -0.384 e. The number of aromatic amines is 1. The fourth-order valence-corrected chi connectivity index (χ4v) is 4.59. The van der Waals surface area contributed by atoms with Gasteiger partial charge in [-0.3, -0.25) is 19.1 Å². The maximum absolute atomic E-state index is 12.7. The van der Waals surface area contributed by atoms with Gasteiger partial charge in [-0.2, -0.15) is 0 Å². The molecule has 2 aromatic heterocycles. The van der Waals surface area contributed by atoms with E-state index >= 15 is 0 Å². The fourth-order valence-electron chi connectivity index (χ4n) is 2.78. The smallest absolute Gasteiger partial charge is 0.329 e. The van der Waals surface area contributed by atoms with Crippen LogP contribution in [0.15, 0.2) is 32.1 Å². The number of rotatable bonds is 8. The van der Waals surface area contributed by atoms with Gasteiger partial charge in [-0.1, -0.05) is 54.6 Å². The van der Waals surface area contributed by atoms with E-state index in [-0.39, 0.29) is 23.1 Å². The molecule has 0 radical (unpaired) electrons. The number of aromatic nitrogens is 4. The van der Waals surface area contributed by atoms with E-state index in [1.165, 1.54) is 15.9 Å². The van der Waals surface area contributed by atoms with Gasteiger partial charge in [-0.25, -0.2) is 4.79 Å². The van der Waals surface area contributed by atoms with E-state index in [9.17, 15) is 14.4 Å². The highest BCUT2D eigenvalue weighted by molar-refractivity contribution is 8.01. The molecule has 0 saturated carbocycles. The lowest BCUT2D eigenvalue weighted by molar-refractivity contribution is 0.102. The van der Waals surface area contributed by atoms with Crippen molar-refractivity contribution in [2.75, 3.05) is 16.8 Å². The molecule has 4 N–H and O–H groups in total. The summed E-state index contributed by atoms with van der Waals surface area (Å²) in [4.78, 5) is 39.1. The van der Waals surface area contributed by atoms with E-state index in [1.54, 1.807) is 6.07 Å². The van der Waals surface area contributed by atoms with Crippen molar-refractivity contribution in [2.45, 2.75) is 31.7 Å². The number of nitrogens with two attached hydrogens (primary N) is 1. The number of thioether (sulfide) groups is 1. The molecule has 0 fully saturated rings. The summed E-state index contributed by atoms with van der Waals surface area (Å²) in [5.74, 6) is -0.572. The Morgan fingerprint density at radius 1 is 1.35 bits per heavy atom. The maximum atomic E-state index is 12.7. The van der Waals surface area contributed by atoms with Crippen LogP contribution in [0.5, 0.6) is 0 Å². The van der Waals surface area contributed by atoms with Crippen LogP contribution in [0, 0.1) is 12.8 Å². The topological polar surface area (TPSA) is 136 Å². The van der Waals surface area contributed by atoms with E-state index in [2.05, 4.69) is 20.5 Å². The van der Waals surface area contributed by atoms with Crippen LogP contribution in [-0.2, 0) is 6.54 Å². The Labute approximate surface area is 191 Å². The van der Waals surface area contributed by atoms with Crippen molar-refractivity contribution in [2.24, 2.45) is 5.92 Å². The van der Waals surface area contributed by atoms with Crippen LogP contribution in [0.4, 0.5) is 16.6 Å². The second-order valence-corrected chi connectivity index (χ2v) is 9.75. The molecule has 164 valence electrons. The summed E-state index contributed by atoms with van der Waals surface area (Å²) in [6, 6.07) is 5.50. The highest BCUT2D eigenvalue weighted by Gasteiger charge is 2.20. The molecule has 0 aliphatic heterocycles. The standard InChI is InChI=1S/C19H21ClN6O3S2/c1-9(2)7-26-15(21)14(16(28)23-18(26)29)13(27)8-30-19-25-24-17(31-19)22-12-6-4-5-11(20)10(12)3/h4-6,9H,7-8,21H2,1-3H3,(H,22,24)(H,23,28,29). The number of halogens is 1. The van der Waals surface area contributed by atoms with E-state index in [0.717, 1.165) is 23.0 Å². The second kappa shape index (κ2) is 9.67. The molecule has 12 heteroatoms. The summed E-state index contributed by atoms with van der Waals surface area (Å²) in [6.07, 6.45) is 0. The number of ketones is 1. The highest BCUT2D eigenvalue weighted by Crippen LogP contribution is 2.31. The van der Waals surface area contributed by atoms with Gasteiger partial charge in [0.25, 0.3) is 5.56 Å². The van der Waals surface area contributed by atoms with Crippen molar-refractivity contribution in [3.8, 4) is 0 Å². The Morgan fingerprint density at radius 2 is 2.10 bits per heavy atom. The zero-order chi connectivity index (χ0) is 22.7. The first-order valence-corrected chi connectivity index (χ1v) is 11.5. The van der Waals surface area contributed by atoms with Gasteiger partial charge in [0.2, 0.25) is 5.13 Å². The van der Waals surface area contributed by atoms with E-state index in [0.29, 0.717) is 21.0 Å². The van der Waals surface area contributed by atoms with Crippen LogP contribution in [-0.4, -0.2) is 31.3 Å². The predicted octanol–water partition coefficient (Wildman–Crippen LogP) is 3.31. The number of nitrogen functional groups attached to an aromatic ring is 1. The molecule has 3 aromatic rings. The Morgan fingerprint density at radius 3 is 2.81 bits per heavy atom. The Hall–Kier alpha value is -2.63. The van der Waals surface area contributed by atoms with Gasteiger partial charge in [-0.15, -0.1) is 10.2 Å². The van der Waals surface area contributed by atoms with Gasteiger partial charge in [0.1, 0.15) is 11.4 Å². The maximum Gasteiger partial charge on any atom is 0.329 e. The van der Waals surface area contributed by atoms with Crippen molar-refractivity contribution in [1.29, 1.82) is 0 Å². The number of carbonyl (C=O) groups is 1. The molecule has 0 aliphatic rings. The van der Waals surface area contributed by atoms with E-state index in [4.69, 9.17) is 17.3 Å². The summed E-state index contributed by atoms with van der Waals surface area (Å²) in [5, 5.41) is 12.5. The number of nitrogens with one attached hydrogen (secondary N) is 2. The molecule has 3 rings (SSSR count). The number of hydrogen-bond donors (Lipinski definition) is 3. The first kappa shape index (κ1) is 23.0. The summed E-state index contributed by atoms with van der Waals surface area (Å²) < 4.78 is 1.76. The van der Waals surface area contributed by atoms with Crippen LogP contribution < -0.4 is 22.3 Å². The average molecular weight is 481 g/mol. The zero-order valence-corrected chi connectivity index (χ0v) is 19.5. The Balaban J connectivity index is 1.73. The molecule has 31 heavy (non-hydrogen) atoms. The largest absolute Gasteiger partial charge is 0.384 e. The van der Waals surface area contributed by atoms with Gasteiger partial charge in [0.05, 0.1) is 5.75 Å². The molecule has 0 bridgehead atoms. The Bertz CT molecular complexity index is 1230. The summed E-state index contributed by atoms with van der Waals surface area (Å²) in [5.41, 5.74) is 6.05. The van der Waals surface area contributed by atoms with Gasteiger partial charge in [0.15, 0.2) is 10.1 Å². The SMILES string of the molecule is Cc1c(Cl)cccc1Nc1nnc(SCC(=O)c2c(N)n(CC(C)C)c(=O)[nH]c2=O)s1. The number of hydrogen-bond acceptors (Lipinski definition) is 9. The molecule has 0 saturated heterocycles. The van der Waals surface area contributed by atoms with Crippen molar-refractivity contribution < 1.29 is 4.79 Å². The normalized spacial score (nSPS) is 11.1. The number of anilines is 3. The molecule has 0 atom stereocenters. The molecular weight excluding hydrogens is 460 g/mol. The number of nitrogens with zero attached hydrogens (tertiary/aromatic N) is 3. The zero-order valence-electron chi connectivity index (χ0n) is 17.1. The summed E-state index contributed by atoms with van der Waals surface area (Å²) >= 11 is 8.53. The monoisotopic (exact) mass is 480 g/mol. The third-order valence-electron chi connectivity index (χ3n) is 4.31. The van der Waals surface area contributed by atoms with Gasteiger partial charge in [-0.05, 0) is 30.5 Å². The first-order chi connectivity index (χ1) is 14.7. The van der Waals surface area contributed by atoms with Crippen LogP contribution >= 0.6 is 34.7 Å². The van der Waals surface area contributed by atoms with Crippen molar-refractivity contribution in [1.82, 2.24) is 19.7 Å². The van der Waals surface area contributed by atoms with Gasteiger partial charge >= 0.3 is 5.69 Å². The average Bonchev–Trinajstić information content (AvgIpc) is 3.14. The first-order valence-electron chi connectivity index (χ1n) is 9.31. The van der Waals surface area contributed by atoms with Crippen molar-refractivity contribution in [3.63, 3.8) is 0 Å². The molecular formula is C19H21ClN6O3S2. The van der Waals surface area contributed by atoms with Crippen molar-refractivity contribution >= 4 is 57.1 Å². The second-order valence-electron chi connectivity index (χ2n) is 7.15. The number of carbonyl (C=O) groups excluding carboxylic acids is 1. The molecule has 0 aliphatic carbocycles. The number of H-pyrrole nitrogens is 1. The van der Waals surface area contributed by atoms with Gasteiger partial charge in [0, 0.05) is 17.3 Å². The highest BCUT2D eigenvalue weighted by atomic mass is 35.5. The third-order valence-corrected chi connectivity index (χ3v) is 6.69. The predicted molar refractivity (Wildman–Crippen MR) is 125 cm³/mol. The third kappa shape index (κ3) is 5.35. The summed E-state index contributed by atoms with van der Waals surface area (Å²) in [7, 11) is 0. The molecule has 0 unspecified atom stereocenters. The lowest BCUT2D eigenvalue weighted by Gasteiger charge is -2.13. The molecule has 2 heterocycles. The van der Waals surface area contributed by atoms with Crippen LogP contribution in [0.3, 0.4) is 0 Å². The van der Waals surface area contributed by atoms with Crippen LogP contribution in [0.2, 0.25) is 5.02 Å². The Kier molecular flexibility index (Phi) is 7.19. The molecule has 1 aromatic carbocycles. The number of Topliss-reactive ketones (excluding diaryl/α,β-unsaturated/α-hetero) is 1. The lowest BCUT2D eigenvalue weighted by Crippen LogP contribution is -2.37. The quantitative estimate of drug-likeness (QED) is 0.330. The van der Waals surface area contributed by atoms with Crippen LogP contribution in [0.1, 0.15) is 29.8 Å². The molecule has 9 nitrogen and oxygen atoms in total. The minimum atomic E-state index is -0.788. The molecule has 0 spiro atoms. The van der Waals surface area contributed by atoms with E-state index in [1.807, 2.05) is 32.9 Å². The van der Waals surface area contributed by atoms with E-state index < -0.39 is 17.0 Å². The lowest BCUT2D eigenvalue weighted by atomic mass is 10.2. The van der Waals surface area contributed by atoms with Crippen molar-refractivity contribution in [3.05, 3.63) is 55.2 Å². The summed E-state index contributed by atoms with van der Waals surface area (Å²) in [6.45, 7) is 5.99. The minimum absolute atomic E-state index is 0.0714.